The highest BCUT2D eigenvalue weighted by Gasteiger charge is 2.18. The Morgan fingerprint density at radius 3 is 2.50 bits per heavy atom. The molecule has 1 aromatic heterocycles. The quantitative estimate of drug-likeness (QED) is 0.542. The molecular formula is C22H23N3O3. The number of carbonyl (C=O) groups excluding carboxylic acids is 2. The molecule has 0 aliphatic heterocycles. The van der Waals surface area contributed by atoms with Crippen molar-refractivity contribution in [1.29, 1.82) is 0 Å². The molecule has 3 rings (SSSR count). The zero-order valence-corrected chi connectivity index (χ0v) is 16.4. The van der Waals surface area contributed by atoms with Gasteiger partial charge in [0.2, 0.25) is 5.91 Å². The monoisotopic (exact) mass is 377 g/mol. The van der Waals surface area contributed by atoms with E-state index < -0.39 is 11.8 Å². The van der Waals surface area contributed by atoms with E-state index >= 15 is 0 Å². The van der Waals surface area contributed by atoms with Crippen molar-refractivity contribution in [1.82, 2.24) is 9.99 Å². The van der Waals surface area contributed by atoms with E-state index in [0.29, 0.717) is 5.75 Å². The van der Waals surface area contributed by atoms with E-state index in [1.807, 2.05) is 63.4 Å². The zero-order chi connectivity index (χ0) is 20.3. The highest BCUT2D eigenvalue weighted by molar-refractivity contribution is 5.96. The summed E-state index contributed by atoms with van der Waals surface area (Å²) in [5, 5.41) is 5.98. The van der Waals surface area contributed by atoms with Gasteiger partial charge in [-0.15, -0.1) is 0 Å². The minimum Gasteiger partial charge on any atom is -0.483 e. The molecule has 0 bridgehead atoms. The molecule has 1 N–H and O–H groups in total. The van der Waals surface area contributed by atoms with Crippen LogP contribution in [-0.4, -0.2) is 34.6 Å². The molecule has 0 aliphatic rings. The van der Waals surface area contributed by atoms with Gasteiger partial charge in [0, 0.05) is 18.6 Å². The number of aryl methyl sites for hydroxylation is 3. The number of carbonyl (C=O) groups is 2. The number of hydrazone groups is 1. The number of nitrogens with one attached hydrogen (secondary N) is 1. The molecule has 1 heterocycles. The molecule has 0 spiro atoms. The summed E-state index contributed by atoms with van der Waals surface area (Å²) in [5.74, 6) is -0.337. The van der Waals surface area contributed by atoms with Crippen LogP contribution in [0.4, 0.5) is 0 Å². The van der Waals surface area contributed by atoms with E-state index in [4.69, 9.17) is 4.74 Å². The van der Waals surface area contributed by atoms with Crippen LogP contribution >= 0.6 is 0 Å². The van der Waals surface area contributed by atoms with Gasteiger partial charge in [-0.1, -0.05) is 29.8 Å². The first-order chi connectivity index (χ1) is 13.3. The van der Waals surface area contributed by atoms with Crippen LogP contribution in [0.5, 0.6) is 5.75 Å². The fraction of sp³-hybridized carbons (Fsp3) is 0.227. The van der Waals surface area contributed by atoms with Gasteiger partial charge in [-0.05, 0) is 55.0 Å². The van der Waals surface area contributed by atoms with Crippen LogP contribution in [0.3, 0.4) is 0 Å². The summed E-state index contributed by atoms with van der Waals surface area (Å²) >= 11 is 0. The maximum Gasteiger partial charge on any atom is 0.287 e. The second kappa shape index (κ2) is 8.08. The fourth-order valence-corrected chi connectivity index (χ4v) is 3.18. The Balaban J connectivity index is 1.72. The Hall–Kier alpha value is -3.41. The summed E-state index contributed by atoms with van der Waals surface area (Å²) in [6.07, 6.45) is 3.34. The van der Waals surface area contributed by atoms with Crippen molar-refractivity contribution < 1.29 is 14.3 Å². The molecule has 28 heavy (non-hydrogen) atoms. The molecule has 0 saturated heterocycles. The number of aromatic nitrogens is 1. The van der Waals surface area contributed by atoms with E-state index in [0.717, 1.165) is 38.2 Å². The van der Waals surface area contributed by atoms with E-state index in [-0.39, 0.29) is 6.61 Å². The maximum atomic E-state index is 12.5. The van der Waals surface area contributed by atoms with Crippen LogP contribution < -0.4 is 4.74 Å². The SMILES string of the molecule is CC(=O)N(/N=C/c1ccc2cc[nH]c2c1)C(=O)COc1c(C)cc(C)cc1C. The normalized spacial score (nSPS) is 11.1. The maximum absolute atomic E-state index is 12.5. The number of benzene rings is 2. The number of amides is 2. The van der Waals surface area contributed by atoms with Crippen molar-refractivity contribution >= 4 is 28.9 Å². The number of imide groups is 1. The molecule has 0 saturated carbocycles. The van der Waals surface area contributed by atoms with Crippen LogP contribution in [0.1, 0.15) is 29.2 Å². The van der Waals surface area contributed by atoms with Gasteiger partial charge in [-0.2, -0.15) is 10.1 Å². The number of fused-ring (bicyclic) bond motifs is 1. The number of H-pyrrole nitrogens is 1. The molecular weight excluding hydrogens is 354 g/mol. The molecule has 3 aromatic rings. The van der Waals surface area contributed by atoms with E-state index in [2.05, 4.69) is 10.1 Å². The van der Waals surface area contributed by atoms with Gasteiger partial charge in [0.15, 0.2) is 6.61 Å². The van der Waals surface area contributed by atoms with Crippen LogP contribution in [0, 0.1) is 20.8 Å². The lowest BCUT2D eigenvalue weighted by atomic mass is 10.1. The first-order valence-corrected chi connectivity index (χ1v) is 9.00. The molecule has 0 radical (unpaired) electrons. The van der Waals surface area contributed by atoms with Gasteiger partial charge in [-0.25, -0.2) is 0 Å². The van der Waals surface area contributed by atoms with Crippen LogP contribution in [0.2, 0.25) is 0 Å². The topological polar surface area (TPSA) is 74.8 Å². The van der Waals surface area contributed by atoms with Crippen LogP contribution in [-0.2, 0) is 9.59 Å². The van der Waals surface area contributed by atoms with Crippen LogP contribution in [0.15, 0.2) is 47.7 Å². The van der Waals surface area contributed by atoms with E-state index in [1.54, 1.807) is 0 Å². The third kappa shape index (κ3) is 4.28. The summed E-state index contributed by atoms with van der Waals surface area (Å²) in [4.78, 5) is 27.5. The predicted octanol–water partition coefficient (Wildman–Crippen LogP) is 3.88. The van der Waals surface area contributed by atoms with Gasteiger partial charge in [-0.3, -0.25) is 9.59 Å². The number of hydrogen-bond acceptors (Lipinski definition) is 4. The lowest BCUT2D eigenvalue weighted by molar-refractivity contribution is -0.144. The molecule has 144 valence electrons. The average Bonchev–Trinajstić information content (AvgIpc) is 3.08. The Morgan fingerprint density at radius 2 is 1.82 bits per heavy atom. The summed E-state index contributed by atoms with van der Waals surface area (Å²) < 4.78 is 5.69. The van der Waals surface area contributed by atoms with Gasteiger partial charge in [0.05, 0.1) is 6.21 Å². The van der Waals surface area contributed by atoms with Crippen molar-refractivity contribution in [2.75, 3.05) is 6.61 Å². The standard InChI is InChI=1S/C22H23N3O3/c1-14-9-15(2)22(16(3)10-14)28-13-21(27)25(17(4)26)24-12-18-5-6-19-7-8-23-20(19)11-18/h5-12,23H,13H2,1-4H3/b24-12+. The van der Waals surface area contributed by atoms with Gasteiger partial charge in [0.25, 0.3) is 5.91 Å². The molecule has 0 fully saturated rings. The summed E-state index contributed by atoms with van der Waals surface area (Å²) in [6, 6.07) is 11.7. The molecule has 0 unspecified atom stereocenters. The van der Waals surface area contributed by atoms with Crippen molar-refractivity contribution in [3.8, 4) is 5.75 Å². The zero-order valence-electron chi connectivity index (χ0n) is 16.4. The number of aromatic amines is 1. The fourth-order valence-electron chi connectivity index (χ4n) is 3.18. The first kappa shape index (κ1) is 19.4. The lowest BCUT2D eigenvalue weighted by Crippen LogP contribution is -2.34. The van der Waals surface area contributed by atoms with Gasteiger partial charge in [0.1, 0.15) is 5.75 Å². The Bertz CT molecular complexity index is 1040. The smallest absolute Gasteiger partial charge is 0.287 e. The number of hydrogen-bond donors (Lipinski definition) is 1. The second-order valence-electron chi connectivity index (χ2n) is 6.81. The third-order valence-electron chi connectivity index (χ3n) is 4.38. The summed E-state index contributed by atoms with van der Waals surface area (Å²) in [6.45, 7) is 6.89. The molecule has 6 nitrogen and oxygen atoms in total. The minimum absolute atomic E-state index is 0.267. The molecule has 0 atom stereocenters. The van der Waals surface area contributed by atoms with Crippen molar-refractivity contribution in [3.05, 3.63) is 64.8 Å². The highest BCUT2D eigenvalue weighted by atomic mass is 16.5. The molecule has 0 aliphatic carbocycles. The summed E-state index contributed by atoms with van der Waals surface area (Å²) in [7, 11) is 0. The van der Waals surface area contributed by atoms with Gasteiger partial charge >= 0.3 is 0 Å². The molecule has 2 amide bonds. The number of nitrogens with zero attached hydrogens (tertiary/aromatic N) is 2. The molecule has 6 heteroatoms. The van der Waals surface area contributed by atoms with Crippen molar-refractivity contribution in [2.24, 2.45) is 5.10 Å². The lowest BCUT2D eigenvalue weighted by Gasteiger charge is -2.16. The summed E-state index contributed by atoms with van der Waals surface area (Å²) in [5.41, 5.74) is 4.76. The van der Waals surface area contributed by atoms with Crippen molar-refractivity contribution in [3.63, 3.8) is 0 Å². The predicted molar refractivity (Wildman–Crippen MR) is 110 cm³/mol. The Kier molecular flexibility index (Phi) is 5.59. The van der Waals surface area contributed by atoms with Crippen LogP contribution in [0.25, 0.3) is 10.9 Å². The minimum atomic E-state index is -0.524. The molecule has 2 aromatic carbocycles. The Labute approximate surface area is 163 Å². The third-order valence-corrected chi connectivity index (χ3v) is 4.38. The first-order valence-electron chi connectivity index (χ1n) is 9.00. The Morgan fingerprint density at radius 1 is 1.11 bits per heavy atom. The number of rotatable bonds is 5. The highest BCUT2D eigenvalue weighted by Crippen LogP contribution is 2.24. The van der Waals surface area contributed by atoms with E-state index in [9.17, 15) is 9.59 Å². The van der Waals surface area contributed by atoms with Gasteiger partial charge < -0.3 is 9.72 Å². The van der Waals surface area contributed by atoms with Crippen molar-refractivity contribution in [2.45, 2.75) is 27.7 Å². The average molecular weight is 377 g/mol. The number of ether oxygens (including phenoxy) is 1. The largest absolute Gasteiger partial charge is 0.483 e. The second-order valence-corrected chi connectivity index (χ2v) is 6.81. The van der Waals surface area contributed by atoms with E-state index in [1.165, 1.54) is 13.1 Å².